The van der Waals surface area contributed by atoms with Gasteiger partial charge in [-0.2, -0.15) is 21.6 Å². The lowest BCUT2D eigenvalue weighted by Gasteiger charge is -2.30. The van der Waals surface area contributed by atoms with Crippen LogP contribution in [-0.2, 0) is 22.8 Å². The van der Waals surface area contributed by atoms with Gasteiger partial charge in [-0.1, -0.05) is 12.1 Å². The molecule has 12 heteroatoms. The maximum Gasteiger partial charge on any atom is 0.416 e. The van der Waals surface area contributed by atoms with E-state index in [2.05, 4.69) is 0 Å². The van der Waals surface area contributed by atoms with Gasteiger partial charge in [0.1, 0.15) is 12.4 Å². The Morgan fingerprint density at radius 3 is 2.26 bits per heavy atom. The lowest BCUT2D eigenvalue weighted by molar-refractivity contribution is -0.137. The summed E-state index contributed by atoms with van der Waals surface area (Å²) in [5.74, 6) is -1.57. The number of furan rings is 1. The van der Waals surface area contributed by atoms with Gasteiger partial charge in [-0.05, 0) is 61.9 Å². The topological polar surface area (TPSA) is 117 Å². The molecule has 35 heavy (non-hydrogen) atoms. The molecule has 0 fully saturated rings. The lowest BCUT2D eigenvalue weighted by Crippen LogP contribution is -2.42. The third-order valence-electron chi connectivity index (χ3n) is 4.72. The van der Waals surface area contributed by atoms with Crippen LogP contribution in [0.3, 0.4) is 0 Å². The second kappa shape index (κ2) is 9.62. The average Bonchev–Trinajstić information content (AvgIpc) is 3.31. The van der Waals surface area contributed by atoms with E-state index in [0.29, 0.717) is 17.7 Å². The molecule has 0 aliphatic carbocycles. The summed E-state index contributed by atoms with van der Waals surface area (Å²) in [6, 6.07) is 10.3. The monoisotopic (exact) mass is 513 g/mol. The van der Waals surface area contributed by atoms with E-state index >= 15 is 0 Å². The predicted octanol–water partition coefficient (Wildman–Crippen LogP) is 4.54. The Hall–Kier alpha value is -3.51. The van der Waals surface area contributed by atoms with Gasteiger partial charge >= 0.3 is 12.1 Å². The van der Waals surface area contributed by atoms with E-state index in [-0.39, 0.29) is 17.9 Å². The molecular formula is C23H22F3NO7S. The molecule has 0 atom stereocenters. The van der Waals surface area contributed by atoms with Crippen molar-refractivity contribution in [2.75, 3.05) is 10.8 Å². The van der Waals surface area contributed by atoms with Gasteiger partial charge in [0, 0.05) is 0 Å². The molecule has 0 amide bonds. The normalized spacial score (nSPS) is 12.4. The summed E-state index contributed by atoms with van der Waals surface area (Å²) in [4.78, 5) is 11.0. The minimum atomic E-state index is -4.74. The molecule has 2 N–H and O–H groups in total. The summed E-state index contributed by atoms with van der Waals surface area (Å²) in [5.41, 5.74) is -2.46. The Kier molecular flexibility index (Phi) is 7.18. The van der Waals surface area contributed by atoms with E-state index in [9.17, 15) is 31.5 Å². The van der Waals surface area contributed by atoms with Crippen molar-refractivity contribution in [2.24, 2.45) is 0 Å². The number of carboxylic acids is 1. The summed E-state index contributed by atoms with van der Waals surface area (Å²) in [6.07, 6.45) is -3.61. The van der Waals surface area contributed by atoms with Crippen LogP contribution in [0.15, 0.2) is 70.4 Å². The molecule has 0 aliphatic heterocycles. The molecule has 0 bridgehead atoms. The fourth-order valence-electron chi connectivity index (χ4n) is 3.09. The van der Waals surface area contributed by atoms with Crippen molar-refractivity contribution >= 4 is 21.7 Å². The molecule has 0 saturated heterocycles. The van der Waals surface area contributed by atoms with Gasteiger partial charge in [-0.15, -0.1) is 0 Å². The number of sulfonamides is 1. The van der Waals surface area contributed by atoms with Crippen LogP contribution in [-0.4, -0.2) is 36.7 Å². The van der Waals surface area contributed by atoms with E-state index in [0.717, 1.165) is 16.6 Å². The number of aliphatic hydroxyl groups is 1. The Balaban J connectivity index is 2.07. The van der Waals surface area contributed by atoms with E-state index in [1.54, 1.807) is 0 Å². The number of nitrogens with zero attached hydrogens (tertiary/aromatic N) is 1. The molecule has 188 valence electrons. The number of halogens is 3. The first-order valence-electron chi connectivity index (χ1n) is 10.1. The van der Waals surface area contributed by atoms with Gasteiger partial charge < -0.3 is 19.4 Å². The quantitative estimate of drug-likeness (QED) is 0.431. The summed E-state index contributed by atoms with van der Waals surface area (Å²) >= 11 is 0. The molecule has 0 saturated carbocycles. The van der Waals surface area contributed by atoms with Crippen molar-refractivity contribution in [3.8, 4) is 5.75 Å². The number of alkyl halides is 3. The first-order valence-corrected chi connectivity index (χ1v) is 11.6. The third kappa shape index (κ3) is 6.34. The predicted molar refractivity (Wildman–Crippen MR) is 119 cm³/mol. The van der Waals surface area contributed by atoms with Gasteiger partial charge in [-0.25, -0.2) is 4.79 Å². The third-order valence-corrected chi connectivity index (χ3v) is 6.37. The fraction of sp³-hybridized carbons (Fsp3) is 0.261. The molecule has 1 aromatic heterocycles. The molecule has 0 spiro atoms. The SMILES string of the molecule is CC(C)(O)CN(c1ccc(C(F)(F)F)cc1OCc1ccc(C(=O)O)cc1)S(=O)(=O)c1ccco1. The van der Waals surface area contributed by atoms with Gasteiger partial charge in [0.15, 0.2) is 0 Å². The molecule has 0 unspecified atom stereocenters. The Labute approximate surface area is 199 Å². The number of carboxylic acid groups (broad SMARTS) is 1. The number of benzene rings is 2. The molecule has 8 nitrogen and oxygen atoms in total. The first-order chi connectivity index (χ1) is 16.2. The number of rotatable bonds is 9. The van der Waals surface area contributed by atoms with Crippen molar-refractivity contribution in [1.82, 2.24) is 0 Å². The van der Waals surface area contributed by atoms with Gasteiger partial charge in [-0.3, -0.25) is 4.31 Å². The van der Waals surface area contributed by atoms with Gasteiger partial charge in [0.25, 0.3) is 10.0 Å². The summed E-state index contributed by atoms with van der Waals surface area (Å²) in [7, 11) is -4.43. The van der Waals surface area contributed by atoms with Crippen LogP contribution in [0.1, 0.15) is 35.3 Å². The fourth-order valence-corrected chi connectivity index (χ4v) is 4.63. The Morgan fingerprint density at radius 2 is 1.74 bits per heavy atom. The maximum atomic E-state index is 13.4. The largest absolute Gasteiger partial charge is 0.487 e. The van der Waals surface area contributed by atoms with Gasteiger partial charge in [0.2, 0.25) is 5.09 Å². The highest BCUT2D eigenvalue weighted by molar-refractivity contribution is 7.92. The smallest absolute Gasteiger partial charge is 0.416 e. The Morgan fingerprint density at radius 1 is 1.09 bits per heavy atom. The zero-order chi connectivity index (χ0) is 26.0. The maximum absolute atomic E-state index is 13.4. The summed E-state index contributed by atoms with van der Waals surface area (Å²) in [5, 5.41) is 18.9. The zero-order valence-corrected chi connectivity index (χ0v) is 19.4. The van der Waals surface area contributed by atoms with Crippen molar-refractivity contribution < 1.29 is 45.8 Å². The molecule has 2 aromatic carbocycles. The molecule has 0 aliphatic rings. The molecule has 0 radical (unpaired) electrons. The minimum Gasteiger partial charge on any atom is -0.487 e. The van der Waals surface area contributed by atoms with E-state index in [4.69, 9.17) is 14.3 Å². The van der Waals surface area contributed by atoms with E-state index in [1.807, 2.05) is 0 Å². The standard InChI is InChI=1S/C23H22F3NO7S/c1-22(2,30)14-27(35(31,32)20-4-3-11-33-20)18-10-9-17(23(24,25)26)12-19(18)34-13-15-5-7-16(8-6-15)21(28)29/h3-12,30H,13-14H2,1-2H3,(H,28,29). The zero-order valence-electron chi connectivity index (χ0n) is 18.6. The average molecular weight is 513 g/mol. The first kappa shape index (κ1) is 26.1. The molecular weight excluding hydrogens is 491 g/mol. The van der Waals surface area contributed by atoms with Gasteiger partial charge in [0.05, 0.1) is 35.2 Å². The second-order valence-electron chi connectivity index (χ2n) is 8.23. The number of anilines is 1. The Bertz CT molecular complexity index is 1280. The highest BCUT2D eigenvalue weighted by Crippen LogP contribution is 2.39. The van der Waals surface area contributed by atoms with Crippen molar-refractivity contribution in [3.05, 3.63) is 77.6 Å². The number of hydrogen-bond acceptors (Lipinski definition) is 6. The van der Waals surface area contributed by atoms with Crippen molar-refractivity contribution in [2.45, 2.75) is 37.3 Å². The van der Waals surface area contributed by atoms with E-state index < -0.39 is 50.7 Å². The van der Waals surface area contributed by atoms with Crippen LogP contribution in [0, 0.1) is 0 Å². The van der Waals surface area contributed by atoms with Crippen LogP contribution in [0.2, 0.25) is 0 Å². The molecule has 3 aromatic rings. The van der Waals surface area contributed by atoms with Crippen LogP contribution in [0.4, 0.5) is 18.9 Å². The number of hydrogen-bond donors (Lipinski definition) is 2. The highest BCUT2D eigenvalue weighted by atomic mass is 32.2. The summed E-state index contributed by atoms with van der Waals surface area (Å²) < 4.78 is 78.1. The number of carbonyl (C=O) groups is 1. The van der Waals surface area contributed by atoms with Crippen LogP contribution < -0.4 is 9.04 Å². The molecule has 3 rings (SSSR count). The minimum absolute atomic E-state index is 0.00870. The van der Waals surface area contributed by atoms with Crippen molar-refractivity contribution in [3.63, 3.8) is 0 Å². The van der Waals surface area contributed by atoms with Crippen LogP contribution in [0.25, 0.3) is 0 Å². The number of ether oxygens (including phenoxy) is 1. The number of aromatic carboxylic acids is 1. The second-order valence-corrected chi connectivity index (χ2v) is 10.0. The molecule has 1 heterocycles. The van der Waals surface area contributed by atoms with E-state index in [1.165, 1.54) is 50.2 Å². The lowest BCUT2D eigenvalue weighted by atomic mass is 10.1. The van der Waals surface area contributed by atoms with Crippen LogP contribution >= 0.6 is 0 Å². The summed E-state index contributed by atoms with van der Waals surface area (Å²) in [6.45, 7) is 1.87. The van der Waals surface area contributed by atoms with Crippen LogP contribution in [0.5, 0.6) is 5.75 Å². The van der Waals surface area contributed by atoms with Crippen molar-refractivity contribution in [1.29, 1.82) is 0 Å². The highest BCUT2D eigenvalue weighted by Gasteiger charge is 2.36.